The molecule has 0 atom stereocenters. The largest absolute Gasteiger partial charge is 0.356 e. The molecule has 0 spiro atoms. The minimum atomic E-state index is 0.0728. The number of hydrogen-bond acceptors (Lipinski definition) is 4. The first-order valence-electron chi connectivity index (χ1n) is 7.03. The molecule has 2 heterocycles. The molecule has 0 radical (unpaired) electrons. The highest BCUT2D eigenvalue weighted by Gasteiger charge is 2.08. The molecule has 0 fully saturated rings. The summed E-state index contributed by atoms with van der Waals surface area (Å²) in [4.78, 5) is 16.3. The van der Waals surface area contributed by atoms with Gasteiger partial charge in [0.05, 0.1) is 12.1 Å². The third kappa shape index (κ3) is 4.72. The molecule has 108 valence electrons. The number of thiazole rings is 1. The topological polar surface area (TPSA) is 42.0 Å². The number of thiophene rings is 1. The van der Waals surface area contributed by atoms with Crippen molar-refractivity contribution in [3.8, 4) is 10.6 Å². The number of carbonyl (C=O) groups is 1. The highest BCUT2D eigenvalue weighted by molar-refractivity contribution is 7.14. The predicted octanol–water partition coefficient (Wildman–Crippen LogP) is 4.11. The third-order valence-corrected chi connectivity index (χ3v) is 4.64. The molecule has 0 saturated heterocycles. The number of carbonyl (C=O) groups excluding carboxylic acids is 1. The molecule has 0 aliphatic heterocycles. The second-order valence-corrected chi connectivity index (χ2v) is 6.38. The van der Waals surface area contributed by atoms with E-state index in [-0.39, 0.29) is 5.91 Å². The van der Waals surface area contributed by atoms with E-state index in [0.29, 0.717) is 6.42 Å². The van der Waals surface area contributed by atoms with Crippen LogP contribution in [0, 0.1) is 0 Å². The number of aromatic nitrogens is 1. The lowest BCUT2D eigenvalue weighted by atomic mass is 10.2. The smallest absolute Gasteiger partial charge is 0.226 e. The summed E-state index contributed by atoms with van der Waals surface area (Å²) in [5.74, 6) is 0.0728. The molecule has 2 aromatic rings. The van der Waals surface area contributed by atoms with Crippen molar-refractivity contribution in [2.45, 2.75) is 39.0 Å². The molecule has 2 rings (SSSR count). The van der Waals surface area contributed by atoms with Gasteiger partial charge in [-0.25, -0.2) is 4.98 Å². The predicted molar refractivity (Wildman–Crippen MR) is 86.3 cm³/mol. The van der Waals surface area contributed by atoms with Gasteiger partial charge in [0, 0.05) is 22.9 Å². The van der Waals surface area contributed by atoms with Crippen LogP contribution in [0.25, 0.3) is 10.6 Å². The van der Waals surface area contributed by atoms with Crippen LogP contribution in [0.2, 0.25) is 0 Å². The zero-order chi connectivity index (χ0) is 14.2. The van der Waals surface area contributed by atoms with Gasteiger partial charge in [0.25, 0.3) is 0 Å². The monoisotopic (exact) mass is 308 g/mol. The van der Waals surface area contributed by atoms with Gasteiger partial charge in [-0.05, 0) is 17.9 Å². The van der Waals surface area contributed by atoms with Crippen LogP contribution in [0.5, 0.6) is 0 Å². The van der Waals surface area contributed by atoms with Crippen molar-refractivity contribution in [2.75, 3.05) is 6.54 Å². The molecule has 0 bridgehead atoms. The highest BCUT2D eigenvalue weighted by atomic mass is 32.1. The molecule has 20 heavy (non-hydrogen) atoms. The lowest BCUT2D eigenvalue weighted by molar-refractivity contribution is -0.120. The Labute approximate surface area is 128 Å². The third-order valence-electron chi connectivity index (χ3n) is 3.01. The van der Waals surface area contributed by atoms with E-state index in [1.54, 1.807) is 22.7 Å². The molecule has 5 heteroatoms. The van der Waals surface area contributed by atoms with Crippen molar-refractivity contribution in [3.05, 3.63) is 27.9 Å². The van der Waals surface area contributed by atoms with Gasteiger partial charge in [-0.3, -0.25) is 4.79 Å². The average Bonchev–Trinajstić information content (AvgIpc) is 3.08. The van der Waals surface area contributed by atoms with Gasteiger partial charge in [0.2, 0.25) is 5.91 Å². The van der Waals surface area contributed by atoms with E-state index in [1.165, 1.54) is 19.3 Å². The van der Waals surface area contributed by atoms with Gasteiger partial charge in [0.15, 0.2) is 0 Å². The normalized spacial score (nSPS) is 10.7. The van der Waals surface area contributed by atoms with E-state index in [0.717, 1.165) is 29.2 Å². The Morgan fingerprint density at radius 2 is 2.20 bits per heavy atom. The second-order valence-electron chi connectivity index (χ2n) is 4.74. The summed E-state index contributed by atoms with van der Waals surface area (Å²) in [5.41, 5.74) is 2.01. The van der Waals surface area contributed by atoms with Crippen LogP contribution >= 0.6 is 22.7 Å². The molecular formula is C15H20N2OS2. The van der Waals surface area contributed by atoms with E-state index >= 15 is 0 Å². The summed E-state index contributed by atoms with van der Waals surface area (Å²) < 4.78 is 0. The van der Waals surface area contributed by atoms with Gasteiger partial charge < -0.3 is 5.32 Å². The van der Waals surface area contributed by atoms with Crippen molar-refractivity contribution < 1.29 is 4.79 Å². The lowest BCUT2D eigenvalue weighted by Crippen LogP contribution is -2.26. The number of nitrogens with zero attached hydrogens (tertiary/aromatic N) is 1. The van der Waals surface area contributed by atoms with Crippen LogP contribution in [-0.4, -0.2) is 17.4 Å². The molecule has 3 nitrogen and oxygen atoms in total. The number of hydrogen-bond donors (Lipinski definition) is 1. The first-order valence-corrected chi connectivity index (χ1v) is 8.85. The lowest BCUT2D eigenvalue weighted by Gasteiger charge is -2.03. The van der Waals surface area contributed by atoms with Crippen LogP contribution in [0.15, 0.2) is 22.2 Å². The van der Waals surface area contributed by atoms with Crippen molar-refractivity contribution in [1.29, 1.82) is 0 Å². The summed E-state index contributed by atoms with van der Waals surface area (Å²) in [6.07, 6.45) is 5.10. The van der Waals surface area contributed by atoms with Gasteiger partial charge in [-0.2, -0.15) is 11.3 Å². The standard InChI is InChI=1S/C15H20N2OS2/c1-2-3-4-5-7-16-14(18)9-13-11-20-15(17-13)12-6-8-19-10-12/h6,8,10-11H,2-5,7,9H2,1H3,(H,16,18). The number of amides is 1. The fourth-order valence-electron chi connectivity index (χ4n) is 1.91. The first-order chi connectivity index (χ1) is 9.79. The quantitative estimate of drug-likeness (QED) is 0.746. The second kappa shape index (κ2) is 8.17. The summed E-state index contributed by atoms with van der Waals surface area (Å²) in [6, 6.07) is 2.06. The van der Waals surface area contributed by atoms with Crippen LogP contribution in [0.4, 0.5) is 0 Å². The Hall–Kier alpha value is -1.20. The Bertz CT molecular complexity index is 520. The summed E-state index contributed by atoms with van der Waals surface area (Å²) in [6.45, 7) is 2.96. The van der Waals surface area contributed by atoms with Gasteiger partial charge >= 0.3 is 0 Å². The number of unbranched alkanes of at least 4 members (excludes halogenated alkanes) is 3. The molecule has 0 saturated carbocycles. The van der Waals surface area contributed by atoms with Crippen molar-refractivity contribution >= 4 is 28.6 Å². The number of nitrogens with one attached hydrogen (secondary N) is 1. The van der Waals surface area contributed by atoms with E-state index in [4.69, 9.17) is 0 Å². The summed E-state index contributed by atoms with van der Waals surface area (Å²) in [7, 11) is 0. The van der Waals surface area contributed by atoms with Crippen LogP contribution in [-0.2, 0) is 11.2 Å². The van der Waals surface area contributed by atoms with Gasteiger partial charge in [-0.1, -0.05) is 26.2 Å². The van der Waals surface area contributed by atoms with Gasteiger partial charge in [0.1, 0.15) is 5.01 Å². The molecule has 1 amide bonds. The molecule has 0 unspecified atom stereocenters. The molecule has 0 aliphatic rings. The first kappa shape index (κ1) is 15.2. The Morgan fingerprint density at radius 1 is 1.30 bits per heavy atom. The SMILES string of the molecule is CCCCCCNC(=O)Cc1csc(-c2ccsc2)n1. The van der Waals surface area contributed by atoms with Crippen LogP contribution in [0.1, 0.15) is 38.3 Å². The Morgan fingerprint density at radius 3 is 2.95 bits per heavy atom. The fraction of sp³-hybridized carbons (Fsp3) is 0.467. The van der Waals surface area contributed by atoms with E-state index in [2.05, 4.69) is 28.7 Å². The zero-order valence-electron chi connectivity index (χ0n) is 11.7. The van der Waals surface area contributed by atoms with Gasteiger partial charge in [-0.15, -0.1) is 11.3 Å². The highest BCUT2D eigenvalue weighted by Crippen LogP contribution is 2.25. The maximum absolute atomic E-state index is 11.8. The van der Waals surface area contributed by atoms with E-state index < -0.39 is 0 Å². The van der Waals surface area contributed by atoms with E-state index in [9.17, 15) is 4.79 Å². The molecule has 1 N–H and O–H groups in total. The molecule has 0 aromatic carbocycles. The van der Waals surface area contributed by atoms with Crippen LogP contribution < -0.4 is 5.32 Å². The van der Waals surface area contributed by atoms with Crippen molar-refractivity contribution in [3.63, 3.8) is 0 Å². The minimum Gasteiger partial charge on any atom is -0.356 e. The maximum atomic E-state index is 11.8. The minimum absolute atomic E-state index is 0.0728. The molecule has 0 aliphatic carbocycles. The zero-order valence-corrected chi connectivity index (χ0v) is 13.4. The van der Waals surface area contributed by atoms with Crippen LogP contribution in [0.3, 0.4) is 0 Å². The summed E-state index contributed by atoms with van der Waals surface area (Å²) >= 11 is 3.26. The average molecular weight is 308 g/mol. The van der Waals surface area contributed by atoms with Crippen molar-refractivity contribution in [2.24, 2.45) is 0 Å². The maximum Gasteiger partial charge on any atom is 0.226 e. The molecular weight excluding hydrogens is 288 g/mol. The Balaban J connectivity index is 1.74. The van der Waals surface area contributed by atoms with E-state index in [1.807, 2.05) is 10.8 Å². The summed E-state index contributed by atoms with van der Waals surface area (Å²) in [5, 5.41) is 10.1. The number of rotatable bonds is 8. The Kier molecular flexibility index (Phi) is 6.21. The van der Waals surface area contributed by atoms with Crippen molar-refractivity contribution in [1.82, 2.24) is 10.3 Å². The fourth-order valence-corrected chi connectivity index (χ4v) is 3.45. The molecule has 2 aromatic heterocycles.